The summed E-state index contributed by atoms with van der Waals surface area (Å²) >= 11 is 0. The summed E-state index contributed by atoms with van der Waals surface area (Å²) < 4.78 is 27.4. The van der Waals surface area contributed by atoms with Gasteiger partial charge in [-0.1, -0.05) is 0 Å². The molecule has 8 heteroatoms. The highest BCUT2D eigenvalue weighted by Gasteiger charge is 2.23. The predicted octanol–water partition coefficient (Wildman–Crippen LogP) is -0.825. The highest BCUT2D eigenvalue weighted by molar-refractivity contribution is 7.89. The Kier molecular flexibility index (Phi) is 3.89. The Morgan fingerprint density at radius 2 is 2.12 bits per heavy atom. The van der Waals surface area contributed by atoms with Gasteiger partial charge >= 0.3 is 0 Å². The van der Waals surface area contributed by atoms with Crippen molar-refractivity contribution >= 4 is 15.9 Å². The molecule has 96 valence electrons. The normalized spacial score (nSPS) is 13.4. The van der Waals surface area contributed by atoms with E-state index in [4.69, 9.17) is 0 Å². The van der Waals surface area contributed by atoms with Crippen LogP contribution in [0.1, 0.15) is 6.92 Å². The van der Waals surface area contributed by atoms with Crippen molar-refractivity contribution in [2.24, 2.45) is 7.05 Å². The molecule has 1 unspecified atom stereocenters. The third-order valence-electron chi connectivity index (χ3n) is 2.13. The van der Waals surface area contributed by atoms with Gasteiger partial charge in [-0.05, 0) is 6.92 Å². The lowest BCUT2D eigenvalue weighted by Gasteiger charge is -2.17. The maximum absolute atomic E-state index is 11.8. The molecule has 0 radical (unpaired) electrons. The Bertz CT molecular complexity index is 506. The zero-order valence-electron chi connectivity index (χ0n) is 10.2. The maximum atomic E-state index is 11.8. The molecule has 0 aliphatic heterocycles. The Morgan fingerprint density at radius 1 is 1.53 bits per heavy atom. The number of hydrogen-bond acceptors (Lipinski definition) is 4. The maximum Gasteiger partial charge on any atom is 0.244 e. The molecular weight excluding hydrogens is 244 g/mol. The summed E-state index contributed by atoms with van der Waals surface area (Å²) in [4.78, 5) is 12.9. The van der Waals surface area contributed by atoms with E-state index in [1.807, 2.05) is 0 Å². The first-order valence-corrected chi connectivity index (χ1v) is 6.44. The first-order valence-electron chi connectivity index (χ1n) is 4.96. The molecule has 0 bridgehead atoms. The molecular formula is C9H16N4O3S. The summed E-state index contributed by atoms with van der Waals surface area (Å²) in [5.74, 6) is -0.308. The molecule has 0 aromatic carbocycles. The summed E-state index contributed by atoms with van der Waals surface area (Å²) in [6, 6.07) is -0.810. The van der Waals surface area contributed by atoms with Gasteiger partial charge in [0, 0.05) is 27.3 Å². The summed E-state index contributed by atoms with van der Waals surface area (Å²) in [6.45, 7) is 1.50. The minimum Gasteiger partial charge on any atom is -0.347 e. The quantitative estimate of drug-likeness (QED) is 0.766. The van der Waals surface area contributed by atoms with Crippen molar-refractivity contribution < 1.29 is 13.2 Å². The van der Waals surface area contributed by atoms with Crippen LogP contribution in [-0.4, -0.2) is 49.1 Å². The zero-order chi connectivity index (χ0) is 13.2. The van der Waals surface area contributed by atoms with Crippen molar-refractivity contribution in [2.45, 2.75) is 17.9 Å². The summed E-state index contributed by atoms with van der Waals surface area (Å²) in [6.07, 6.45) is 2.60. The SMILES string of the molecule is CC(NS(=O)(=O)c1cnn(C)c1)C(=O)N(C)C. The number of carbonyl (C=O) groups excluding carboxylic acids is 1. The van der Waals surface area contributed by atoms with E-state index in [1.54, 1.807) is 21.1 Å². The Balaban J connectivity index is 2.84. The topological polar surface area (TPSA) is 84.3 Å². The van der Waals surface area contributed by atoms with E-state index in [0.717, 1.165) is 0 Å². The number of aromatic nitrogens is 2. The fraction of sp³-hybridized carbons (Fsp3) is 0.556. The molecule has 0 saturated heterocycles. The largest absolute Gasteiger partial charge is 0.347 e. The lowest BCUT2D eigenvalue weighted by molar-refractivity contribution is -0.130. The van der Waals surface area contributed by atoms with Crippen LogP contribution in [0.5, 0.6) is 0 Å². The van der Waals surface area contributed by atoms with Crippen molar-refractivity contribution in [3.63, 3.8) is 0 Å². The van der Waals surface area contributed by atoms with Gasteiger partial charge in [0.2, 0.25) is 15.9 Å². The molecule has 0 saturated carbocycles. The van der Waals surface area contributed by atoms with Gasteiger partial charge in [-0.25, -0.2) is 8.42 Å². The molecule has 1 aromatic heterocycles. The van der Waals surface area contributed by atoms with Gasteiger partial charge in [-0.2, -0.15) is 9.82 Å². The molecule has 17 heavy (non-hydrogen) atoms. The van der Waals surface area contributed by atoms with Gasteiger partial charge in [0.25, 0.3) is 0 Å². The van der Waals surface area contributed by atoms with Gasteiger partial charge in [-0.3, -0.25) is 9.48 Å². The standard InChI is InChI=1S/C9H16N4O3S/c1-7(9(14)12(2)3)11-17(15,16)8-5-10-13(4)6-8/h5-7,11H,1-4H3. The number of hydrogen-bond donors (Lipinski definition) is 1. The number of nitrogens with zero attached hydrogens (tertiary/aromatic N) is 3. The average molecular weight is 260 g/mol. The first kappa shape index (κ1) is 13.7. The molecule has 0 aliphatic carbocycles. The Hall–Kier alpha value is -1.41. The van der Waals surface area contributed by atoms with E-state index >= 15 is 0 Å². The number of sulfonamides is 1. The fourth-order valence-electron chi connectivity index (χ4n) is 1.28. The summed E-state index contributed by atoms with van der Waals surface area (Å²) in [7, 11) is 1.05. The molecule has 0 spiro atoms. The number of aryl methyl sites for hydroxylation is 1. The lowest BCUT2D eigenvalue weighted by atomic mass is 10.3. The molecule has 7 nitrogen and oxygen atoms in total. The molecule has 1 atom stereocenters. The number of carbonyl (C=O) groups is 1. The van der Waals surface area contributed by atoms with Gasteiger partial charge in [0.15, 0.2) is 0 Å². The van der Waals surface area contributed by atoms with Gasteiger partial charge in [-0.15, -0.1) is 0 Å². The highest BCUT2D eigenvalue weighted by Crippen LogP contribution is 2.07. The van der Waals surface area contributed by atoms with Gasteiger partial charge in [0.05, 0.1) is 12.2 Å². The molecule has 1 amide bonds. The van der Waals surface area contributed by atoms with Crippen LogP contribution in [0.2, 0.25) is 0 Å². The monoisotopic (exact) mass is 260 g/mol. The van der Waals surface area contributed by atoms with Crippen molar-refractivity contribution in [3.05, 3.63) is 12.4 Å². The Labute approximate surface area is 100 Å². The third kappa shape index (κ3) is 3.27. The second-order valence-electron chi connectivity index (χ2n) is 3.93. The van der Waals surface area contributed by atoms with Crippen LogP contribution >= 0.6 is 0 Å². The summed E-state index contributed by atoms with van der Waals surface area (Å²) in [5, 5.41) is 3.77. The average Bonchev–Trinajstić information content (AvgIpc) is 2.63. The van der Waals surface area contributed by atoms with Gasteiger partial charge < -0.3 is 4.90 Å². The number of rotatable bonds is 4. The number of amides is 1. The van der Waals surface area contributed by atoms with E-state index < -0.39 is 16.1 Å². The fourth-order valence-corrected chi connectivity index (χ4v) is 2.46. The van der Waals surface area contributed by atoms with Gasteiger partial charge in [0.1, 0.15) is 4.90 Å². The van der Waals surface area contributed by atoms with Crippen LogP contribution in [0.25, 0.3) is 0 Å². The van der Waals surface area contributed by atoms with Crippen LogP contribution in [0.4, 0.5) is 0 Å². The van der Waals surface area contributed by atoms with E-state index in [0.29, 0.717) is 0 Å². The van der Waals surface area contributed by atoms with Crippen LogP contribution in [0.3, 0.4) is 0 Å². The summed E-state index contributed by atoms with van der Waals surface area (Å²) in [5.41, 5.74) is 0. The van der Waals surface area contributed by atoms with Crippen molar-refractivity contribution in [3.8, 4) is 0 Å². The molecule has 1 rings (SSSR count). The van der Waals surface area contributed by atoms with Crippen LogP contribution in [0, 0.1) is 0 Å². The highest BCUT2D eigenvalue weighted by atomic mass is 32.2. The minimum atomic E-state index is -3.70. The zero-order valence-corrected chi connectivity index (χ0v) is 11.0. The first-order chi connectivity index (χ1) is 7.74. The molecule has 1 N–H and O–H groups in total. The molecule has 1 aromatic rings. The van der Waals surface area contributed by atoms with Crippen molar-refractivity contribution in [1.82, 2.24) is 19.4 Å². The van der Waals surface area contributed by atoms with Crippen molar-refractivity contribution in [2.75, 3.05) is 14.1 Å². The molecule has 0 fully saturated rings. The van der Waals surface area contributed by atoms with Crippen LogP contribution < -0.4 is 4.72 Å². The molecule has 0 aliphatic rings. The van der Waals surface area contributed by atoms with Crippen LogP contribution in [0.15, 0.2) is 17.3 Å². The number of likely N-dealkylation sites (N-methyl/N-ethyl adjacent to an activating group) is 1. The Morgan fingerprint density at radius 3 is 2.53 bits per heavy atom. The van der Waals surface area contributed by atoms with Crippen LogP contribution in [-0.2, 0) is 21.9 Å². The van der Waals surface area contributed by atoms with Crippen molar-refractivity contribution in [1.29, 1.82) is 0 Å². The second kappa shape index (κ2) is 4.84. The second-order valence-corrected chi connectivity index (χ2v) is 5.64. The molecule has 1 heterocycles. The number of nitrogens with one attached hydrogen (secondary N) is 1. The van der Waals surface area contributed by atoms with E-state index in [2.05, 4.69) is 9.82 Å². The van der Waals surface area contributed by atoms with E-state index in [1.165, 1.54) is 28.9 Å². The predicted molar refractivity (Wildman–Crippen MR) is 61.7 cm³/mol. The third-order valence-corrected chi connectivity index (χ3v) is 3.63. The smallest absolute Gasteiger partial charge is 0.244 e. The lowest BCUT2D eigenvalue weighted by Crippen LogP contribution is -2.44. The van der Waals surface area contributed by atoms with E-state index in [9.17, 15) is 13.2 Å². The van der Waals surface area contributed by atoms with E-state index in [-0.39, 0.29) is 10.8 Å². The minimum absolute atomic E-state index is 0.0402.